The lowest BCUT2D eigenvalue weighted by atomic mass is 10.1. The Balaban J connectivity index is 2.20. The first-order valence-electron chi connectivity index (χ1n) is 5.40. The van der Waals surface area contributed by atoms with E-state index in [-0.39, 0.29) is 11.7 Å². The average molecular weight is 260 g/mol. The van der Waals surface area contributed by atoms with Crippen LogP contribution in [0, 0.1) is 6.92 Å². The number of benzene rings is 1. The normalized spacial score (nSPS) is 10.1. The number of nitrogens with one attached hydrogen (secondary N) is 1. The standard InChI is InChI=1S/C13H12N2O2S/c1-8-12(18-7-14-8)13(17)15-11-5-3-4-10(6-11)9(2)16/h3-7H,1-2H3,(H,15,17). The monoisotopic (exact) mass is 260 g/mol. The van der Waals surface area contributed by atoms with Crippen molar-refractivity contribution in [2.75, 3.05) is 5.32 Å². The SMILES string of the molecule is CC(=O)c1cccc(NC(=O)c2scnc2C)c1. The van der Waals surface area contributed by atoms with Gasteiger partial charge in [0.15, 0.2) is 5.78 Å². The predicted octanol–water partition coefficient (Wildman–Crippen LogP) is 2.91. The summed E-state index contributed by atoms with van der Waals surface area (Å²) in [4.78, 5) is 27.8. The van der Waals surface area contributed by atoms with Gasteiger partial charge in [-0.05, 0) is 26.0 Å². The average Bonchev–Trinajstić information content (AvgIpc) is 2.76. The number of amides is 1. The first kappa shape index (κ1) is 12.4. The molecule has 2 aromatic rings. The Labute approximate surface area is 109 Å². The number of aryl methyl sites for hydroxylation is 1. The third-order valence-electron chi connectivity index (χ3n) is 2.48. The molecule has 1 amide bonds. The van der Waals surface area contributed by atoms with Gasteiger partial charge in [0, 0.05) is 11.3 Å². The van der Waals surface area contributed by atoms with Gasteiger partial charge in [-0.1, -0.05) is 12.1 Å². The molecule has 0 aliphatic heterocycles. The van der Waals surface area contributed by atoms with E-state index in [1.165, 1.54) is 18.3 Å². The van der Waals surface area contributed by atoms with E-state index in [0.29, 0.717) is 21.8 Å². The maximum Gasteiger partial charge on any atom is 0.267 e. The van der Waals surface area contributed by atoms with Crippen molar-refractivity contribution in [3.8, 4) is 0 Å². The van der Waals surface area contributed by atoms with E-state index in [1.54, 1.807) is 36.7 Å². The summed E-state index contributed by atoms with van der Waals surface area (Å²) in [6.07, 6.45) is 0. The van der Waals surface area contributed by atoms with Crippen LogP contribution in [0.2, 0.25) is 0 Å². The minimum Gasteiger partial charge on any atom is -0.321 e. The second-order valence-electron chi connectivity index (χ2n) is 3.86. The molecule has 0 radical (unpaired) electrons. The Morgan fingerprint density at radius 2 is 2.11 bits per heavy atom. The summed E-state index contributed by atoms with van der Waals surface area (Å²) in [6, 6.07) is 6.87. The largest absolute Gasteiger partial charge is 0.321 e. The quantitative estimate of drug-likeness (QED) is 0.863. The summed E-state index contributed by atoms with van der Waals surface area (Å²) >= 11 is 1.30. The first-order valence-corrected chi connectivity index (χ1v) is 6.28. The number of rotatable bonds is 3. The van der Waals surface area contributed by atoms with Gasteiger partial charge in [0.1, 0.15) is 4.88 Å². The summed E-state index contributed by atoms with van der Waals surface area (Å²) in [7, 11) is 0. The lowest BCUT2D eigenvalue weighted by molar-refractivity contribution is 0.101. The van der Waals surface area contributed by atoms with Crippen LogP contribution in [0.3, 0.4) is 0 Å². The van der Waals surface area contributed by atoms with Crippen LogP contribution in [0.15, 0.2) is 29.8 Å². The highest BCUT2D eigenvalue weighted by molar-refractivity contribution is 7.12. The lowest BCUT2D eigenvalue weighted by Gasteiger charge is -2.05. The minimum absolute atomic E-state index is 0.0277. The van der Waals surface area contributed by atoms with E-state index in [2.05, 4.69) is 10.3 Å². The fourth-order valence-electron chi connectivity index (χ4n) is 1.52. The van der Waals surface area contributed by atoms with Gasteiger partial charge in [0.05, 0.1) is 11.2 Å². The predicted molar refractivity (Wildman–Crippen MR) is 71.3 cm³/mol. The van der Waals surface area contributed by atoms with Gasteiger partial charge in [0.25, 0.3) is 5.91 Å². The zero-order chi connectivity index (χ0) is 13.1. The lowest BCUT2D eigenvalue weighted by Crippen LogP contribution is -2.11. The molecule has 1 aromatic carbocycles. The van der Waals surface area contributed by atoms with E-state index >= 15 is 0 Å². The number of hydrogen-bond acceptors (Lipinski definition) is 4. The van der Waals surface area contributed by atoms with Crippen molar-refractivity contribution >= 4 is 28.7 Å². The van der Waals surface area contributed by atoms with Crippen molar-refractivity contribution in [1.82, 2.24) is 4.98 Å². The number of hydrogen-bond donors (Lipinski definition) is 1. The Hall–Kier alpha value is -2.01. The van der Waals surface area contributed by atoms with Crippen LogP contribution in [-0.4, -0.2) is 16.7 Å². The summed E-state index contributed by atoms with van der Waals surface area (Å²) in [5.74, 6) is -0.226. The maximum atomic E-state index is 12.0. The number of anilines is 1. The Morgan fingerprint density at radius 1 is 1.33 bits per heavy atom. The van der Waals surface area contributed by atoms with Crippen molar-refractivity contribution in [2.24, 2.45) is 0 Å². The highest BCUT2D eigenvalue weighted by Gasteiger charge is 2.12. The summed E-state index contributed by atoms with van der Waals surface area (Å²) < 4.78 is 0. The van der Waals surface area contributed by atoms with Gasteiger partial charge >= 0.3 is 0 Å². The fraction of sp³-hybridized carbons (Fsp3) is 0.154. The van der Waals surface area contributed by atoms with Crippen molar-refractivity contribution in [1.29, 1.82) is 0 Å². The van der Waals surface area contributed by atoms with Crippen molar-refractivity contribution in [3.05, 3.63) is 45.9 Å². The molecule has 0 atom stereocenters. The highest BCUT2D eigenvalue weighted by atomic mass is 32.1. The second-order valence-corrected chi connectivity index (χ2v) is 4.71. The number of ketones is 1. The topological polar surface area (TPSA) is 59.1 Å². The molecular weight excluding hydrogens is 248 g/mol. The first-order chi connectivity index (χ1) is 8.58. The summed E-state index contributed by atoms with van der Waals surface area (Å²) in [5, 5.41) is 2.76. The Kier molecular flexibility index (Phi) is 3.53. The van der Waals surface area contributed by atoms with E-state index in [1.807, 2.05) is 0 Å². The zero-order valence-corrected chi connectivity index (χ0v) is 10.9. The van der Waals surface area contributed by atoms with Crippen LogP contribution in [-0.2, 0) is 0 Å². The molecule has 0 unspecified atom stereocenters. The molecule has 0 aliphatic rings. The van der Waals surface area contributed by atoms with Gasteiger partial charge < -0.3 is 5.32 Å². The molecule has 18 heavy (non-hydrogen) atoms. The number of Topliss-reactive ketones (excluding diaryl/α,β-unsaturated/α-hetero) is 1. The fourth-order valence-corrected chi connectivity index (χ4v) is 2.22. The number of thiazole rings is 1. The van der Waals surface area contributed by atoms with Gasteiger partial charge in [-0.2, -0.15) is 0 Å². The molecule has 0 saturated heterocycles. The third kappa shape index (κ3) is 2.62. The molecule has 4 nitrogen and oxygen atoms in total. The smallest absolute Gasteiger partial charge is 0.267 e. The van der Waals surface area contributed by atoms with Crippen LogP contribution >= 0.6 is 11.3 Å². The number of carbonyl (C=O) groups is 2. The van der Waals surface area contributed by atoms with Crippen LogP contribution in [0.25, 0.3) is 0 Å². The molecule has 0 spiro atoms. The molecule has 1 heterocycles. The third-order valence-corrected chi connectivity index (χ3v) is 3.41. The van der Waals surface area contributed by atoms with E-state index in [9.17, 15) is 9.59 Å². The van der Waals surface area contributed by atoms with Crippen LogP contribution in [0.4, 0.5) is 5.69 Å². The van der Waals surface area contributed by atoms with Crippen LogP contribution in [0.1, 0.15) is 32.6 Å². The van der Waals surface area contributed by atoms with Gasteiger partial charge in [-0.25, -0.2) is 4.98 Å². The molecule has 1 aromatic heterocycles. The molecule has 0 fully saturated rings. The van der Waals surface area contributed by atoms with Crippen molar-refractivity contribution in [2.45, 2.75) is 13.8 Å². The molecule has 5 heteroatoms. The molecule has 1 N–H and O–H groups in total. The van der Waals surface area contributed by atoms with Gasteiger partial charge in [-0.15, -0.1) is 11.3 Å². The van der Waals surface area contributed by atoms with Crippen LogP contribution < -0.4 is 5.32 Å². The Morgan fingerprint density at radius 3 is 2.72 bits per heavy atom. The zero-order valence-electron chi connectivity index (χ0n) is 10.1. The van der Waals surface area contributed by atoms with E-state index in [0.717, 1.165) is 0 Å². The van der Waals surface area contributed by atoms with Crippen molar-refractivity contribution in [3.63, 3.8) is 0 Å². The maximum absolute atomic E-state index is 12.0. The summed E-state index contributed by atoms with van der Waals surface area (Å²) in [6.45, 7) is 3.28. The molecular formula is C13H12N2O2S. The highest BCUT2D eigenvalue weighted by Crippen LogP contribution is 2.16. The Bertz CT molecular complexity index is 605. The number of nitrogens with zero attached hydrogens (tertiary/aromatic N) is 1. The second kappa shape index (κ2) is 5.10. The number of aromatic nitrogens is 1. The van der Waals surface area contributed by atoms with Crippen LogP contribution in [0.5, 0.6) is 0 Å². The van der Waals surface area contributed by atoms with Crippen molar-refractivity contribution < 1.29 is 9.59 Å². The van der Waals surface area contributed by atoms with Gasteiger partial charge in [-0.3, -0.25) is 9.59 Å². The molecule has 2 rings (SSSR count). The molecule has 0 bridgehead atoms. The molecule has 0 saturated carbocycles. The van der Waals surface area contributed by atoms with E-state index in [4.69, 9.17) is 0 Å². The number of carbonyl (C=O) groups excluding carboxylic acids is 2. The van der Waals surface area contributed by atoms with Gasteiger partial charge in [0.2, 0.25) is 0 Å². The van der Waals surface area contributed by atoms with E-state index < -0.39 is 0 Å². The summed E-state index contributed by atoms with van der Waals surface area (Å²) in [5.41, 5.74) is 3.53. The minimum atomic E-state index is -0.198. The molecule has 0 aliphatic carbocycles. The molecule has 92 valence electrons.